The lowest BCUT2D eigenvalue weighted by Gasteiger charge is -2.22. The highest BCUT2D eigenvalue weighted by Crippen LogP contribution is 2.34. The fraction of sp³-hybridized carbons (Fsp3) is 0.474. The number of nitrogens with zero attached hydrogens (tertiary/aromatic N) is 3. The molecule has 3 unspecified atom stereocenters. The molecule has 2 aliphatic heterocycles. The van der Waals surface area contributed by atoms with Gasteiger partial charge in [-0.25, -0.2) is 4.98 Å². The Hall–Kier alpha value is -2.34. The first-order valence-corrected chi connectivity index (χ1v) is 8.98. The molecule has 0 spiro atoms. The first-order chi connectivity index (χ1) is 12.3. The van der Waals surface area contributed by atoms with E-state index >= 15 is 0 Å². The number of ether oxygens (including phenoxy) is 1. The van der Waals surface area contributed by atoms with Crippen molar-refractivity contribution in [1.29, 1.82) is 0 Å². The van der Waals surface area contributed by atoms with Crippen LogP contribution in [0.2, 0.25) is 0 Å². The molecule has 2 aliphatic rings. The number of benzene rings is 1. The molecule has 6 heteroatoms. The molecule has 3 heterocycles. The maximum atomic E-state index is 5.90. The number of hydrogen-bond donors (Lipinski definition) is 2. The quantitative estimate of drug-likeness (QED) is 0.645. The SMILES string of the molecule is CN=C(NCc1nccn1Cc1ccccc1)NC1CC2CCC1O2. The third kappa shape index (κ3) is 3.69. The van der Waals surface area contributed by atoms with E-state index in [4.69, 9.17) is 4.74 Å². The van der Waals surface area contributed by atoms with Crippen LogP contribution in [0.15, 0.2) is 47.7 Å². The second-order valence-corrected chi connectivity index (χ2v) is 6.74. The van der Waals surface area contributed by atoms with Gasteiger partial charge in [-0.15, -0.1) is 0 Å². The molecule has 0 saturated carbocycles. The molecule has 4 rings (SSSR count). The number of hydrogen-bond acceptors (Lipinski definition) is 3. The molecule has 3 atom stereocenters. The first kappa shape index (κ1) is 16.1. The molecule has 2 fully saturated rings. The van der Waals surface area contributed by atoms with E-state index in [9.17, 15) is 0 Å². The Bertz CT molecular complexity index is 726. The largest absolute Gasteiger partial charge is 0.373 e. The molecule has 132 valence electrons. The maximum absolute atomic E-state index is 5.90. The van der Waals surface area contributed by atoms with Crippen molar-refractivity contribution >= 4 is 5.96 Å². The second-order valence-electron chi connectivity index (χ2n) is 6.74. The van der Waals surface area contributed by atoms with Crippen LogP contribution in [-0.2, 0) is 17.8 Å². The summed E-state index contributed by atoms with van der Waals surface area (Å²) in [6, 6.07) is 10.8. The monoisotopic (exact) mass is 339 g/mol. The zero-order chi connectivity index (χ0) is 17.1. The van der Waals surface area contributed by atoms with Gasteiger partial charge in [0, 0.05) is 26.0 Å². The summed E-state index contributed by atoms with van der Waals surface area (Å²) in [6.45, 7) is 1.46. The predicted octanol–water partition coefficient (Wildman–Crippen LogP) is 1.92. The van der Waals surface area contributed by atoms with Gasteiger partial charge in [-0.05, 0) is 24.8 Å². The molecule has 2 bridgehead atoms. The lowest BCUT2D eigenvalue weighted by atomic mass is 9.96. The summed E-state index contributed by atoms with van der Waals surface area (Å²) in [5, 5.41) is 6.89. The van der Waals surface area contributed by atoms with Gasteiger partial charge in [-0.2, -0.15) is 0 Å². The van der Waals surface area contributed by atoms with Crippen LogP contribution >= 0.6 is 0 Å². The smallest absolute Gasteiger partial charge is 0.191 e. The molecule has 0 amide bonds. The molecular formula is C19H25N5O. The maximum Gasteiger partial charge on any atom is 0.191 e. The van der Waals surface area contributed by atoms with Crippen LogP contribution in [0.3, 0.4) is 0 Å². The van der Waals surface area contributed by atoms with Gasteiger partial charge >= 0.3 is 0 Å². The average molecular weight is 339 g/mol. The topological polar surface area (TPSA) is 63.5 Å². The van der Waals surface area contributed by atoms with Crippen molar-refractivity contribution in [2.75, 3.05) is 7.05 Å². The van der Waals surface area contributed by atoms with Crippen LogP contribution in [0.1, 0.15) is 30.7 Å². The van der Waals surface area contributed by atoms with Crippen molar-refractivity contribution in [2.24, 2.45) is 4.99 Å². The summed E-state index contributed by atoms with van der Waals surface area (Å²) in [5.41, 5.74) is 1.27. The molecule has 2 saturated heterocycles. The van der Waals surface area contributed by atoms with E-state index in [0.717, 1.165) is 31.2 Å². The number of nitrogens with one attached hydrogen (secondary N) is 2. The number of guanidine groups is 1. The molecule has 1 aromatic heterocycles. The third-order valence-corrected chi connectivity index (χ3v) is 5.06. The van der Waals surface area contributed by atoms with Crippen molar-refractivity contribution in [3.63, 3.8) is 0 Å². The van der Waals surface area contributed by atoms with E-state index in [2.05, 4.69) is 49.4 Å². The summed E-state index contributed by atoms with van der Waals surface area (Å²) < 4.78 is 8.07. The van der Waals surface area contributed by atoms with Crippen molar-refractivity contribution in [3.05, 3.63) is 54.1 Å². The van der Waals surface area contributed by atoms with E-state index in [0.29, 0.717) is 24.8 Å². The standard InChI is InChI=1S/C19H25N5O/c1-20-19(23-16-11-15-7-8-17(16)25-15)22-12-18-21-9-10-24(18)13-14-5-3-2-4-6-14/h2-6,9-10,15-17H,7-8,11-13H2,1H3,(H2,20,22,23). The summed E-state index contributed by atoms with van der Waals surface area (Å²) >= 11 is 0. The molecule has 1 aromatic carbocycles. The van der Waals surface area contributed by atoms with E-state index in [-0.39, 0.29) is 0 Å². The van der Waals surface area contributed by atoms with Crippen molar-refractivity contribution < 1.29 is 4.74 Å². The Morgan fingerprint density at radius 2 is 2.20 bits per heavy atom. The van der Waals surface area contributed by atoms with Crippen LogP contribution in [-0.4, -0.2) is 40.8 Å². The fourth-order valence-corrected chi connectivity index (χ4v) is 3.75. The minimum atomic E-state index is 0.337. The van der Waals surface area contributed by atoms with E-state index in [1.54, 1.807) is 7.05 Å². The van der Waals surface area contributed by atoms with Crippen LogP contribution in [0.25, 0.3) is 0 Å². The van der Waals surface area contributed by atoms with Gasteiger partial charge in [0.1, 0.15) is 5.82 Å². The van der Waals surface area contributed by atoms with Gasteiger partial charge in [-0.3, -0.25) is 4.99 Å². The molecule has 6 nitrogen and oxygen atoms in total. The highest BCUT2D eigenvalue weighted by molar-refractivity contribution is 5.80. The lowest BCUT2D eigenvalue weighted by Crippen LogP contribution is -2.47. The van der Waals surface area contributed by atoms with Gasteiger partial charge in [0.05, 0.1) is 24.8 Å². The van der Waals surface area contributed by atoms with Crippen LogP contribution in [0.5, 0.6) is 0 Å². The summed E-state index contributed by atoms with van der Waals surface area (Å²) in [6.07, 6.45) is 8.07. The number of rotatable bonds is 5. The van der Waals surface area contributed by atoms with E-state index in [1.165, 1.54) is 12.0 Å². The van der Waals surface area contributed by atoms with Gasteiger partial charge in [0.2, 0.25) is 0 Å². The Kier molecular flexibility index (Phi) is 4.70. The lowest BCUT2D eigenvalue weighted by molar-refractivity contribution is 0.0992. The summed E-state index contributed by atoms with van der Waals surface area (Å²) in [4.78, 5) is 8.83. The fourth-order valence-electron chi connectivity index (χ4n) is 3.75. The molecule has 2 aromatic rings. The van der Waals surface area contributed by atoms with Crippen molar-refractivity contribution in [1.82, 2.24) is 20.2 Å². The van der Waals surface area contributed by atoms with E-state index in [1.807, 2.05) is 18.5 Å². The van der Waals surface area contributed by atoms with Gasteiger partial charge in [-0.1, -0.05) is 30.3 Å². The van der Waals surface area contributed by atoms with Crippen molar-refractivity contribution in [3.8, 4) is 0 Å². The molecule has 2 N–H and O–H groups in total. The zero-order valence-corrected chi connectivity index (χ0v) is 14.6. The normalized spacial score (nSPS) is 25.3. The number of aromatic nitrogens is 2. The Labute approximate surface area is 148 Å². The van der Waals surface area contributed by atoms with Crippen LogP contribution in [0.4, 0.5) is 0 Å². The summed E-state index contributed by atoms with van der Waals surface area (Å²) in [7, 11) is 1.81. The molecule has 0 aliphatic carbocycles. The van der Waals surface area contributed by atoms with E-state index < -0.39 is 0 Å². The Morgan fingerprint density at radius 1 is 1.32 bits per heavy atom. The minimum absolute atomic E-state index is 0.337. The third-order valence-electron chi connectivity index (χ3n) is 5.06. The average Bonchev–Trinajstić information content (AvgIpc) is 3.37. The number of imidazole rings is 1. The summed E-state index contributed by atoms with van der Waals surface area (Å²) in [5.74, 6) is 1.81. The number of fused-ring (bicyclic) bond motifs is 2. The Morgan fingerprint density at radius 3 is 2.92 bits per heavy atom. The number of aliphatic imine (C=N–C) groups is 1. The van der Waals surface area contributed by atoms with Crippen LogP contribution in [0, 0.1) is 0 Å². The van der Waals surface area contributed by atoms with Gasteiger partial charge in [0.15, 0.2) is 5.96 Å². The molecular weight excluding hydrogens is 314 g/mol. The van der Waals surface area contributed by atoms with Gasteiger partial charge < -0.3 is 19.9 Å². The molecule has 0 radical (unpaired) electrons. The molecule has 25 heavy (non-hydrogen) atoms. The minimum Gasteiger partial charge on any atom is -0.373 e. The highest BCUT2D eigenvalue weighted by Gasteiger charge is 2.41. The predicted molar refractivity (Wildman–Crippen MR) is 97.4 cm³/mol. The van der Waals surface area contributed by atoms with Crippen molar-refractivity contribution in [2.45, 2.75) is 50.6 Å². The van der Waals surface area contributed by atoms with Crippen LogP contribution < -0.4 is 10.6 Å². The highest BCUT2D eigenvalue weighted by atomic mass is 16.5. The Balaban J connectivity index is 1.34. The first-order valence-electron chi connectivity index (χ1n) is 8.98. The van der Waals surface area contributed by atoms with Gasteiger partial charge in [0.25, 0.3) is 0 Å². The second kappa shape index (κ2) is 7.27. The zero-order valence-electron chi connectivity index (χ0n) is 14.6.